The van der Waals surface area contributed by atoms with Gasteiger partial charge in [-0.1, -0.05) is 11.6 Å². The molecule has 2 rings (SSSR count). The van der Waals surface area contributed by atoms with Crippen LogP contribution in [0, 0.1) is 0 Å². The molecular formula is C11H19ClN4O2. The number of aromatic nitrogens is 2. The van der Waals surface area contributed by atoms with E-state index in [0.29, 0.717) is 24.8 Å². The van der Waals surface area contributed by atoms with Crippen LogP contribution in [-0.2, 0) is 9.47 Å². The first kappa shape index (κ1) is 13.8. The third-order valence-electron chi connectivity index (χ3n) is 2.96. The molecule has 2 unspecified atom stereocenters. The highest BCUT2D eigenvalue weighted by Crippen LogP contribution is 2.29. The summed E-state index contributed by atoms with van der Waals surface area (Å²) in [4.78, 5) is 0. The lowest BCUT2D eigenvalue weighted by atomic mass is 10.1. The Morgan fingerprint density at radius 3 is 2.89 bits per heavy atom. The lowest BCUT2D eigenvalue weighted by Gasteiger charge is -2.31. The zero-order chi connectivity index (χ0) is 13.1. The quantitative estimate of drug-likeness (QED) is 0.634. The molecule has 6 nitrogen and oxygen atoms in total. The van der Waals surface area contributed by atoms with Crippen molar-refractivity contribution >= 4 is 11.6 Å². The molecule has 102 valence electrons. The minimum Gasteiger partial charge on any atom is -0.376 e. The molecule has 1 aliphatic rings. The van der Waals surface area contributed by atoms with Crippen molar-refractivity contribution in [1.29, 1.82) is 0 Å². The molecule has 0 radical (unpaired) electrons. The Bertz CT molecular complexity index is 390. The number of hydrogen-bond donors (Lipinski definition) is 2. The van der Waals surface area contributed by atoms with Crippen LogP contribution >= 0.6 is 11.6 Å². The van der Waals surface area contributed by atoms with E-state index >= 15 is 0 Å². The fourth-order valence-corrected chi connectivity index (χ4v) is 2.36. The fraction of sp³-hybridized carbons (Fsp3) is 0.727. The fourth-order valence-electron chi connectivity index (χ4n) is 2.11. The van der Waals surface area contributed by atoms with E-state index in [9.17, 15) is 0 Å². The number of hydrazine groups is 1. The zero-order valence-corrected chi connectivity index (χ0v) is 11.4. The molecule has 1 aliphatic heterocycles. The van der Waals surface area contributed by atoms with Crippen molar-refractivity contribution in [1.82, 2.24) is 15.2 Å². The lowest BCUT2D eigenvalue weighted by Crippen LogP contribution is -2.44. The first-order chi connectivity index (χ1) is 8.65. The number of rotatable bonds is 4. The van der Waals surface area contributed by atoms with Crippen molar-refractivity contribution in [2.75, 3.05) is 19.8 Å². The summed E-state index contributed by atoms with van der Waals surface area (Å²) in [7, 11) is 0. The molecule has 1 aromatic heterocycles. The van der Waals surface area contributed by atoms with Gasteiger partial charge in [-0.2, -0.15) is 5.10 Å². The molecule has 0 aliphatic carbocycles. The van der Waals surface area contributed by atoms with Crippen LogP contribution in [0.15, 0.2) is 6.20 Å². The number of nitrogens with two attached hydrogens (primary N) is 1. The van der Waals surface area contributed by atoms with Gasteiger partial charge in [0.05, 0.1) is 42.8 Å². The first-order valence-electron chi connectivity index (χ1n) is 6.03. The summed E-state index contributed by atoms with van der Waals surface area (Å²) in [6, 6.07) is -0.0319. The normalized spacial score (nSPS) is 22.4. The summed E-state index contributed by atoms with van der Waals surface area (Å²) in [6.07, 6.45) is 1.47. The first-order valence-corrected chi connectivity index (χ1v) is 6.41. The predicted octanol–water partition coefficient (Wildman–Crippen LogP) is 1.04. The van der Waals surface area contributed by atoms with Gasteiger partial charge in [0, 0.05) is 6.04 Å². The van der Waals surface area contributed by atoms with E-state index in [2.05, 4.69) is 10.5 Å². The predicted molar refractivity (Wildman–Crippen MR) is 68.2 cm³/mol. The SMILES string of the molecule is CC(C)n1ncc(Cl)c1C(NN)C1COCCO1. The molecule has 18 heavy (non-hydrogen) atoms. The molecule has 1 saturated heterocycles. The van der Waals surface area contributed by atoms with Crippen molar-refractivity contribution in [2.45, 2.75) is 32.0 Å². The van der Waals surface area contributed by atoms with Gasteiger partial charge in [0.2, 0.25) is 0 Å². The maximum atomic E-state index is 6.21. The van der Waals surface area contributed by atoms with Gasteiger partial charge >= 0.3 is 0 Å². The lowest BCUT2D eigenvalue weighted by molar-refractivity contribution is -0.103. The van der Waals surface area contributed by atoms with Gasteiger partial charge < -0.3 is 9.47 Å². The summed E-state index contributed by atoms with van der Waals surface area (Å²) in [5.41, 5.74) is 3.60. The highest BCUT2D eigenvalue weighted by atomic mass is 35.5. The monoisotopic (exact) mass is 274 g/mol. The van der Waals surface area contributed by atoms with Gasteiger partial charge in [-0.3, -0.25) is 10.5 Å². The Morgan fingerprint density at radius 2 is 2.33 bits per heavy atom. The van der Waals surface area contributed by atoms with Crippen LogP contribution in [0.2, 0.25) is 5.02 Å². The molecule has 0 bridgehead atoms. The van der Waals surface area contributed by atoms with Crippen molar-refractivity contribution in [3.63, 3.8) is 0 Å². The highest BCUT2D eigenvalue weighted by Gasteiger charge is 2.31. The van der Waals surface area contributed by atoms with Crippen LogP contribution in [0.1, 0.15) is 31.6 Å². The van der Waals surface area contributed by atoms with E-state index in [4.69, 9.17) is 26.9 Å². The molecule has 7 heteroatoms. The van der Waals surface area contributed by atoms with Crippen molar-refractivity contribution < 1.29 is 9.47 Å². The van der Waals surface area contributed by atoms with Gasteiger partial charge in [-0.25, -0.2) is 5.43 Å². The highest BCUT2D eigenvalue weighted by molar-refractivity contribution is 6.31. The van der Waals surface area contributed by atoms with E-state index in [1.807, 2.05) is 18.5 Å². The number of hydrogen-bond acceptors (Lipinski definition) is 5. The van der Waals surface area contributed by atoms with Crippen LogP contribution in [0.4, 0.5) is 0 Å². The zero-order valence-electron chi connectivity index (χ0n) is 10.6. The average Bonchev–Trinajstić information content (AvgIpc) is 2.74. The number of ether oxygens (including phenoxy) is 2. The third-order valence-corrected chi connectivity index (χ3v) is 3.25. The van der Waals surface area contributed by atoms with Crippen LogP contribution in [0.25, 0.3) is 0 Å². The Labute approximate surface area is 111 Å². The van der Waals surface area contributed by atoms with Crippen molar-refractivity contribution in [3.8, 4) is 0 Å². The van der Waals surface area contributed by atoms with Gasteiger partial charge in [-0.15, -0.1) is 0 Å². The second-order valence-corrected chi connectivity index (χ2v) is 4.95. The second-order valence-electron chi connectivity index (χ2n) is 4.54. The van der Waals surface area contributed by atoms with Crippen LogP contribution < -0.4 is 11.3 Å². The molecule has 0 saturated carbocycles. The Balaban J connectivity index is 2.28. The maximum Gasteiger partial charge on any atom is 0.103 e. The molecule has 0 aromatic carbocycles. The van der Waals surface area contributed by atoms with E-state index in [1.54, 1.807) is 6.20 Å². The van der Waals surface area contributed by atoms with Gasteiger partial charge in [0.15, 0.2) is 0 Å². The number of halogens is 1. The summed E-state index contributed by atoms with van der Waals surface area (Å²) in [6.45, 7) is 5.76. The van der Waals surface area contributed by atoms with Gasteiger partial charge in [0.1, 0.15) is 6.10 Å². The van der Waals surface area contributed by atoms with E-state index in [-0.39, 0.29) is 18.2 Å². The van der Waals surface area contributed by atoms with Gasteiger partial charge in [0.25, 0.3) is 0 Å². The molecule has 2 atom stereocenters. The Hall–Kier alpha value is -0.660. The van der Waals surface area contributed by atoms with Crippen LogP contribution in [-0.4, -0.2) is 35.7 Å². The Kier molecular flexibility index (Phi) is 4.58. The van der Waals surface area contributed by atoms with E-state index in [0.717, 1.165) is 5.69 Å². The smallest absolute Gasteiger partial charge is 0.103 e. The van der Waals surface area contributed by atoms with Gasteiger partial charge in [-0.05, 0) is 13.8 Å². The standard InChI is InChI=1S/C11H19ClN4O2/c1-7(2)16-11(8(12)5-14-16)10(15-13)9-6-17-3-4-18-9/h5,7,9-10,15H,3-4,6,13H2,1-2H3. The average molecular weight is 275 g/mol. The van der Waals surface area contributed by atoms with E-state index < -0.39 is 0 Å². The minimum atomic E-state index is -0.234. The van der Waals surface area contributed by atoms with Crippen molar-refractivity contribution in [3.05, 3.63) is 16.9 Å². The Morgan fingerprint density at radius 1 is 1.56 bits per heavy atom. The molecular weight excluding hydrogens is 256 g/mol. The van der Waals surface area contributed by atoms with Crippen molar-refractivity contribution in [2.24, 2.45) is 5.84 Å². The molecule has 2 heterocycles. The molecule has 1 fully saturated rings. The van der Waals surface area contributed by atoms with E-state index in [1.165, 1.54) is 0 Å². The molecule has 0 spiro atoms. The minimum absolute atomic E-state index is 0.157. The third kappa shape index (κ3) is 2.67. The summed E-state index contributed by atoms with van der Waals surface area (Å²) < 4.78 is 12.9. The number of nitrogens with one attached hydrogen (secondary N) is 1. The summed E-state index contributed by atoms with van der Waals surface area (Å²) >= 11 is 6.21. The number of nitrogens with zero attached hydrogens (tertiary/aromatic N) is 2. The van der Waals surface area contributed by atoms with Crippen LogP contribution in [0.5, 0.6) is 0 Å². The van der Waals surface area contributed by atoms with Crippen LogP contribution in [0.3, 0.4) is 0 Å². The topological polar surface area (TPSA) is 74.3 Å². The molecule has 1 aromatic rings. The summed E-state index contributed by atoms with van der Waals surface area (Å²) in [5.74, 6) is 5.65. The molecule has 0 amide bonds. The summed E-state index contributed by atoms with van der Waals surface area (Å²) in [5, 5.41) is 4.86. The maximum absolute atomic E-state index is 6.21. The largest absolute Gasteiger partial charge is 0.376 e. The molecule has 3 N–H and O–H groups in total. The second kappa shape index (κ2) is 5.99.